The summed E-state index contributed by atoms with van der Waals surface area (Å²) >= 11 is 7.23. The lowest BCUT2D eigenvalue weighted by molar-refractivity contribution is 0.0383. The summed E-state index contributed by atoms with van der Waals surface area (Å²) in [4.78, 5) is 22.2. The van der Waals surface area contributed by atoms with E-state index in [2.05, 4.69) is 15.3 Å². The summed E-state index contributed by atoms with van der Waals surface area (Å²) in [6, 6.07) is 7.33. The van der Waals surface area contributed by atoms with E-state index in [-0.39, 0.29) is 12.1 Å². The number of halogens is 1. The molecule has 24 heavy (non-hydrogen) atoms. The lowest BCUT2D eigenvalue weighted by Crippen LogP contribution is -2.11. The van der Waals surface area contributed by atoms with E-state index in [4.69, 9.17) is 16.3 Å². The number of carbonyl (C=O) groups excluding carboxylic acids is 1. The highest BCUT2D eigenvalue weighted by Crippen LogP contribution is 2.35. The highest BCUT2D eigenvalue weighted by atomic mass is 35.5. The van der Waals surface area contributed by atoms with Crippen molar-refractivity contribution < 1.29 is 9.53 Å². The van der Waals surface area contributed by atoms with Crippen LogP contribution in [0.4, 0.5) is 11.5 Å². The topological polar surface area (TPSA) is 64.1 Å². The van der Waals surface area contributed by atoms with Crippen LogP contribution in [0.1, 0.15) is 29.1 Å². The molecule has 1 aromatic carbocycles. The Morgan fingerprint density at radius 3 is 2.62 bits per heavy atom. The van der Waals surface area contributed by atoms with Gasteiger partial charge in [0.15, 0.2) is 0 Å². The van der Waals surface area contributed by atoms with Gasteiger partial charge in [-0.3, -0.25) is 0 Å². The molecule has 1 N–H and O–H groups in total. The van der Waals surface area contributed by atoms with Crippen LogP contribution in [0.5, 0.6) is 0 Å². The van der Waals surface area contributed by atoms with Crippen LogP contribution in [0.25, 0.3) is 10.2 Å². The van der Waals surface area contributed by atoms with Crippen molar-refractivity contribution in [1.82, 2.24) is 9.97 Å². The Balaban J connectivity index is 2.01. The van der Waals surface area contributed by atoms with Crippen LogP contribution in [0.2, 0.25) is 5.02 Å². The minimum atomic E-state index is -0.331. The summed E-state index contributed by atoms with van der Waals surface area (Å²) in [6.07, 6.45) is 1.31. The number of nitrogens with one attached hydrogen (secondary N) is 1. The molecule has 3 aromatic rings. The van der Waals surface area contributed by atoms with Crippen molar-refractivity contribution in [2.45, 2.75) is 26.9 Å². The van der Waals surface area contributed by atoms with Gasteiger partial charge in [-0.1, -0.05) is 11.6 Å². The SMILES string of the molecule is Cc1c(C(=O)OC(C)C)sc2ncnc(Nc3ccc(Cl)cc3)c12. The largest absolute Gasteiger partial charge is 0.459 e. The summed E-state index contributed by atoms with van der Waals surface area (Å²) in [5, 5.41) is 4.75. The van der Waals surface area contributed by atoms with Crippen molar-refractivity contribution in [3.8, 4) is 0 Å². The normalized spacial score (nSPS) is 11.0. The lowest BCUT2D eigenvalue weighted by Gasteiger charge is -2.08. The van der Waals surface area contributed by atoms with Gasteiger partial charge in [-0.25, -0.2) is 14.8 Å². The third kappa shape index (κ3) is 3.34. The molecule has 0 aliphatic heterocycles. The van der Waals surface area contributed by atoms with Crippen LogP contribution in [0, 0.1) is 6.92 Å². The number of rotatable bonds is 4. The van der Waals surface area contributed by atoms with E-state index < -0.39 is 0 Å². The Kier molecular flexibility index (Phi) is 4.69. The zero-order valence-electron chi connectivity index (χ0n) is 13.5. The first-order valence-corrected chi connectivity index (χ1v) is 8.63. The molecule has 0 atom stereocenters. The van der Waals surface area contributed by atoms with E-state index in [0.29, 0.717) is 15.7 Å². The van der Waals surface area contributed by atoms with Gasteiger partial charge in [0.25, 0.3) is 0 Å². The van der Waals surface area contributed by atoms with E-state index >= 15 is 0 Å². The molecule has 0 unspecified atom stereocenters. The van der Waals surface area contributed by atoms with Crippen LogP contribution in [-0.4, -0.2) is 22.0 Å². The second-order valence-corrected chi connectivity index (χ2v) is 6.98. The standard InChI is InChI=1S/C17H16ClN3O2S/c1-9(2)23-17(22)14-10(3)13-15(19-8-20-16(13)24-14)21-12-6-4-11(18)5-7-12/h4-9H,1-3H3,(H,19,20,21). The quantitative estimate of drug-likeness (QED) is 0.665. The molecule has 5 nitrogen and oxygen atoms in total. The smallest absolute Gasteiger partial charge is 0.348 e. The molecule has 0 saturated heterocycles. The zero-order valence-corrected chi connectivity index (χ0v) is 15.0. The van der Waals surface area contributed by atoms with Crippen molar-refractivity contribution >= 4 is 50.6 Å². The molecular formula is C17H16ClN3O2S. The molecule has 7 heteroatoms. The molecule has 0 fully saturated rings. The average molecular weight is 362 g/mol. The molecule has 0 radical (unpaired) electrons. The number of thiophene rings is 1. The van der Waals surface area contributed by atoms with Crippen LogP contribution >= 0.6 is 22.9 Å². The number of hydrogen-bond donors (Lipinski definition) is 1. The van der Waals surface area contributed by atoms with Gasteiger partial charge in [0.05, 0.1) is 11.5 Å². The number of nitrogens with zero attached hydrogens (tertiary/aromatic N) is 2. The number of carbonyl (C=O) groups is 1. The van der Waals surface area contributed by atoms with E-state index in [1.54, 1.807) is 12.1 Å². The Morgan fingerprint density at radius 2 is 1.96 bits per heavy atom. The molecule has 2 aromatic heterocycles. The maximum absolute atomic E-state index is 12.3. The molecule has 0 aliphatic carbocycles. The first-order chi connectivity index (χ1) is 11.5. The van der Waals surface area contributed by atoms with Gasteiger partial charge in [-0.05, 0) is 50.6 Å². The molecule has 0 bridgehead atoms. The van der Waals surface area contributed by atoms with Gasteiger partial charge in [0.1, 0.15) is 21.9 Å². The van der Waals surface area contributed by atoms with Gasteiger partial charge in [-0.15, -0.1) is 11.3 Å². The molecule has 0 spiro atoms. The number of aryl methyl sites for hydroxylation is 1. The molecule has 0 saturated carbocycles. The first-order valence-electron chi connectivity index (χ1n) is 7.43. The fourth-order valence-corrected chi connectivity index (χ4v) is 3.46. The number of aromatic nitrogens is 2. The molecular weight excluding hydrogens is 346 g/mol. The molecule has 0 amide bonds. The number of anilines is 2. The fraction of sp³-hybridized carbons (Fsp3) is 0.235. The van der Waals surface area contributed by atoms with Gasteiger partial charge in [-0.2, -0.15) is 0 Å². The lowest BCUT2D eigenvalue weighted by atomic mass is 10.2. The monoisotopic (exact) mass is 361 g/mol. The minimum absolute atomic E-state index is 0.167. The maximum Gasteiger partial charge on any atom is 0.348 e. The summed E-state index contributed by atoms with van der Waals surface area (Å²) in [7, 11) is 0. The summed E-state index contributed by atoms with van der Waals surface area (Å²) in [6.45, 7) is 5.54. The van der Waals surface area contributed by atoms with Gasteiger partial charge >= 0.3 is 5.97 Å². The predicted octanol–water partition coefficient (Wildman–Crippen LogP) is 4.96. The third-order valence-corrected chi connectivity index (χ3v) is 4.79. The van der Waals surface area contributed by atoms with Crippen LogP contribution in [-0.2, 0) is 4.74 Å². The van der Waals surface area contributed by atoms with Gasteiger partial charge in [0.2, 0.25) is 0 Å². The maximum atomic E-state index is 12.3. The number of ether oxygens (including phenoxy) is 1. The van der Waals surface area contributed by atoms with Crippen molar-refractivity contribution in [3.05, 3.63) is 46.1 Å². The van der Waals surface area contributed by atoms with E-state index in [0.717, 1.165) is 21.5 Å². The average Bonchev–Trinajstić information content (AvgIpc) is 2.87. The molecule has 2 heterocycles. The second kappa shape index (κ2) is 6.75. The van der Waals surface area contributed by atoms with E-state index in [1.165, 1.54) is 17.7 Å². The Bertz CT molecular complexity index is 891. The fourth-order valence-electron chi connectivity index (χ4n) is 2.30. The Hall–Kier alpha value is -2.18. The molecule has 0 aliphatic rings. The summed E-state index contributed by atoms with van der Waals surface area (Å²) in [5.74, 6) is 0.322. The summed E-state index contributed by atoms with van der Waals surface area (Å²) < 4.78 is 5.31. The van der Waals surface area contributed by atoms with Crippen molar-refractivity contribution in [2.24, 2.45) is 0 Å². The van der Waals surface area contributed by atoms with Crippen LogP contribution in [0.3, 0.4) is 0 Å². The Labute approximate surface area is 148 Å². The highest BCUT2D eigenvalue weighted by molar-refractivity contribution is 7.20. The number of hydrogen-bond acceptors (Lipinski definition) is 6. The van der Waals surface area contributed by atoms with Gasteiger partial charge < -0.3 is 10.1 Å². The number of fused-ring (bicyclic) bond motifs is 1. The van der Waals surface area contributed by atoms with Gasteiger partial charge in [0, 0.05) is 10.7 Å². The molecule has 3 rings (SSSR count). The van der Waals surface area contributed by atoms with Crippen LogP contribution < -0.4 is 5.32 Å². The molecule has 124 valence electrons. The second-order valence-electron chi connectivity index (χ2n) is 5.54. The zero-order chi connectivity index (χ0) is 17.3. The van der Waals surface area contributed by atoms with E-state index in [1.807, 2.05) is 32.9 Å². The van der Waals surface area contributed by atoms with Crippen molar-refractivity contribution in [1.29, 1.82) is 0 Å². The minimum Gasteiger partial charge on any atom is -0.459 e. The third-order valence-electron chi connectivity index (χ3n) is 3.36. The van der Waals surface area contributed by atoms with Crippen LogP contribution in [0.15, 0.2) is 30.6 Å². The van der Waals surface area contributed by atoms with Crippen molar-refractivity contribution in [3.63, 3.8) is 0 Å². The number of benzene rings is 1. The number of esters is 1. The first kappa shape index (κ1) is 16.7. The Morgan fingerprint density at radius 1 is 1.25 bits per heavy atom. The predicted molar refractivity (Wildman–Crippen MR) is 97.4 cm³/mol. The highest BCUT2D eigenvalue weighted by Gasteiger charge is 2.21. The van der Waals surface area contributed by atoms with Crippen molar-refractivity contribution in [2.75, 3.05) is 5.32 Å². The summed E-state index contributed by atoms with van der Waals surface area (Å²) in [5.41, 5.74) is 1.68. The van der Waals surface area contributed by atoms with E-state index in [9.17, 15) is 4.79 Å².